The molecule has 0 saturated carbocycles. The average Bonchev–Trinajstić information content (AvgIpc) is 2.41. The van der Waals surface area contributed by atoms with Crippen molar-refractivity contribution >= 4 is 0 Å². The molecule has 2 aromatic rings. The Labute approximate surface area is 118 Å². The van der Waals surface area contributed by atoms with E-state index in [0.29, 0.717) is 29.4 Å². The molecule has 1 atom stereocenters. The Bertz CT molecular complexity index is 584. The van der Waals surface area contributed by atoms with Crippen molar-refractivity contribution in [3.8, 4) is 17.2 Å². The van der Waals surface area contributed by atoms with Gasteiger partial charge in [-0.25, -0.2) is 4.39 Å². The summed E-state index contributed by atoms with van der Waals surface area (Å²) < 4.78 is 25.1. The second kappa shape index (κ2) is 6.39. The summed E-state index contributed by atoms with van der Waals surface area (Å²) in [5.41, 5.74) is 6.17. The third kappa shape index (κ3) is 3.08. The van der Waals surface area contributed by atoms with Gasteiger partial charge in [-0.3, -0.25) is 0 Å². The van der Waals surface area contributed by atoms with Gasteiger partial charge in [0.05, 0.1) is 6.61 Å². The highest BCUT2D eigenvalue weighted by atomic mass is 19.1. The molecule has 0 amide bonds. The normalized spacial score (nSPS) is 12.0. The van der Waals surface area contributed by atoms with Gasteiger partial charge in [-0.05, 0) is 38.1 Å². The number of hydrogen-bond acceptors (Lipinski definition) is 3. The second-order valence-corrected chi connectivity index (χ2v) is 4.42. The number of rotatable bonds is 5. The first-order chi connectivity index (χ1) is 9.63. The molecule has 0 aliphatic carbocycles. The van der Waals surface area contributed by atoms with Crippen LogP contribution in [0.2, 0.25) is 0 Å². The van der Waals surface area contributed by atoms with E-state index in [2.05, 4.69) is 0 Å². The van der Waals surface area contributed by atoms with Crippen LogP contribution >= 0.6 is 0 Å². The zero-order chi connectivity index (χ0) is 14.5. The fourth-order valence-corrected chi connectivity index (χ4v) is 1.98. The maximum atomic E-state index is 13.9. The van der Waals surface area contributed by atoms with E-state index in [1.807, 2.05) is 25.1 Å². The van der Waals surface area contributed by atoms with E-state index in [-0.39, 0.29) is 5.82 Å². The Hall–Kier alpha value is -2.07. The highest BCUT2D eigenvalue weighted by Crippen LogP contribution is 2.35. The van der Waals surface area contributed by atoms with Crippen molar-refractivity contribution in [3.05, 3.63) is 53.8 Å². The lowest BCUT2D eigenvalue weighted by atomic mass is 10.1. The Balaban J connectivity index is 2.38. The molecule has 2 N–H and O–H groups in total. The lowest BCUT2D eigenvalue weighted by Crippen LogP contribution is -2.09. The lowest BCUT2D eigenvalue weighted by molar-refractivity contribution is 0.320. The maximum absolute atomic E-state index is 13.9. The fraction of sp³-hybridized carbons (Fsp3) is 0.250. The van der Waals surface area contributed by atoms with Crippen LogP contribution in [0.15, 0.2) is 42.5 Å². The Morgan fingerprint density at radius 3 is 2.35 bits per heavy atom. The molecule has 4 heteroatoms. The minimum absolute atomic E-state index is 0.360. The van der Waals surface area contributed by atoms with Gasteiger partial charge in [-0.2, -0.15) is 0 Å². The number of benzene rings is 2. The van der Waals surface area contributed by atoms with Crippen LogP contribution in [0.5, 0.6) is 17.2 Å². The van der Waals surface area contributed by atoms with Crippen LogP contribution < -0.4 is 15.2 Å². The van der Waals surface area contributed by atoms with Crippen LogP contribution in [0.4, 0.5) is 4.39 Å². The SMILES string of the molecule is CCOc1ccccc1Oc1cccc(F)c1[C@@H](C)N. The molecule has 0 bridgehead atoms. The van der Waals surface area contributed by atoms with Gasteiger partial charge in [0.25, 0.3) is 0 Å². The first-order valence-electron chi connectivity index (χ1n) is 6.57. The highest BCUT2D eigenvalue weighted by molar-refractivity contribution is 5.45. The van der Waals surface area contributed by atoms with Crippen LogP contribution in [0.1, 0.15) is 25.5 Å². The zero-order valence-electron chi connectivity index (χ0n) is 11.6. The Kier molecular flexibility index (Phi) is 4.58. The summed E-state index contributed by atoms with van der Waals surface area (Å²) in [6.45, 7) is 4.15. The van der Waals surface area contributed by atoms with Gasteiger partial charge in [0.2, 0.25) is 0 Å². The molecule has 0 aliphatic heterocycles. The van der Waals surface area contributed by atoms with Crippen LogP contribution in [0.3, 0.4) is 0 Å². The van der Waals surface area contributed by atoms with Crippen molar-refractivity contribution in [2.24, 2.45) is 5.73 Å². The van der Waals surface area contributed by atoms with Gasteiger partial charge in [0, 0.05) is 11.6 Å². The number of halogens is 1. The molecule has 20 heavy (non-hydrogen) atoms. The molecule has 2 rings (SSSR count). The van der Waals surface area contributed by atoms with E-state index in [1.165, 1.54) is 6.07 Å². The third-order valence-electron chi connectivity index (χ3n) is 2.84. The number of hydrogen-bond donors (Lipinski definition) is 1. The molecule has 0 aromatic heterocycles. The number of para-hydroxylation sites is 2. The number of ether oxygens (including phenoxy) is 2. The topological polar surface area (TPSA) is 44.5 Å². The highest BCUT2D eigenvalue weighted by Gasteiger charge is 2.15. The summed E-state index contributed by atoms with van der Waals surface area (Å²) in [5.74, 6) is 1.20. The van der Waals surface area contributed by atoms with Gasteiger partial charge in [0.1, 0.15) is 11.6 Å². The van der Waals surface area contributed by atoms with Crippen LogP contribution in [-0.2, 0) is 0 Å². The molecule has 2 aromatic carbocycles. The molecule has 106 valence electrons. The van der Waals surface area contributed by atoms with E-state index in [4.69, 9.17) is 15.2 Å². The number of nitrogens with two attached hydrogens (primary N) is 1. The van der Waals surface area contributed by atoms with E-state index in [9.17, 15) is 4.39 Å². The van der Waals surface area contributed by atoms with E-state index in [1.54, 1.807) is 25.1 Å². The fourth-order valence-electron chi connectivity index (χ4n) is 1.98. The first-order valence-corrected chi connectivity index (χ1v) is 6.57. The second-order valence-electron chi connectivity index (χ2n) is 4.42. The molecule has 0 unspecified atom stereocenters. The van der Waals surface area contributed by atoms with Gasteiger partial charge in [0.15, 0.2) is 11.5 Å². The molecular formula is C16H18FNO2. The minimum Gasteiger partial charge on any atom is -0.490 e. The van der Waals surface area contributed by atoms with Gasteiger partial charge >= 0.3 is 0 Å². The molecule has 0 radical (unpaired) electrons. The van der Waals surface area contributed by atoms with E-state index < -0.39 is 6.04 Å². The Morgan fingerprint density at radius 1 is 1.05 bits per heavy atom. The molecule has 0 spiro atoms. The van der Waals surface area contributed by atoms with E-state index >= 15 is 0 Å². The first kappa shape index (κ1) is 14.3. The van der Waals surface area contributed by atoms with Gasteiger partial charge in [-0.1, -0.05) is 18.2 Å². The molecule has 0 saturated heterocycles. The maximum Gasteiger partial charge on any atom is 0.169 e. The van der Waals surface area contributed by atoms with E-state index in [0.717, 1.165) is 0 Å². The molecule has 0 aliphatic rings. The monoisotopic (exact) mass is 275 g/mol. The van der Waals surface area contributed by atoms with Crippen molar-refractivity contribution in [1.82, 2.24) is 0 Å². The smallest absolute Gasteiger partial charge is 0.169 e. The predicted octanol–water partition coefficient (Wildman–Crippen LogP) is 4.04. The Morgan fingerprint density at radius 2 is 1.70 bits per heavy atom. The summed E-state index contributed by atoms with van der Waals surface area (Å²) in [4.78, 5) is 0. The largest absolute Gasteiger partial charge is 0.490 e. The van der Waals surface area contributed by atoms with Crippen molar-refractivity contribution in [2.75, 3.05) is 6.61 Å². The molecular weight excluding hydrogens is 257 g/mol. The van der Waals surface area contributed by atoms with Gasteiger partial charge in [-0.15, -0.1) is 0 Å². The summed E-state index contributed by atoms with van der Waals surface area (Å²) in [6.07, 6.45) is 0. The van der Waals surface area contributed by atoms with Crippen molar-refractivity contribution in [1.29, 1.82) is 0 Å². The van der Waals surface area contributed by atoms with Crippen LogP contribution in [-0.4, -0.2) is 6.61 Å². The summed E-state index contributed by atoms with van der Waals surface area (Å²) in [7, 11) is 0. The standard InChI is InChI=1S/C16H18FNO2/c1-3-19-13-8-4-5-9-14(13)20-15-10-6-7-12(17)16(15)11(2)18/h4-11H,3,18H2,1-2H3/t11-/m1/s1. The van der Waals surface area contributed by atoms with Crippen LogP contribution in [0, 0.1) is 5.82 Å². The molecule has 0 fully saturated rings. The van der Waals surface area contributed by atoms with Crippen LogP contribution in [0.25, 0.3) is 0 Å². The summed E-state index contributed by atoms with van der Waals surface area (Å²) in [5, 5.41) is 0. The zero-order valence-corrected chi connectivity index (χ0v) is 11.6. The predicted molar refractivity (Wildman–Crippen MR) is 76.7 cm³/mol. The third-order valence-corrected chi connectivity index (χ3v) is 2.84. The minimum atomic E-state index is -0.453. The van der Waals surface area contributed by atoms with Gasteiger partial charge < -0.3 is 15.2 Å². The van der Waals surface area contributed by atoms with Crippen molar-refractivity contribution in [3.63, 3.8) is 0 Å². The van der Waals surface area contributed by atoms with Crippen molar-refractivity contribution < 1.29 is 13.9 Å². The van der Waals surface area contributed by atoms with Crippen molar-refractivity contribution in [2.45, 2.75) is 19.9 Å². The lowest BCUT2D eigenvalue weighted by Gasteiger charge is -2.16. The molecule has 3 nitrogen and oxygen atoms in total. The summed E-state index contributed by atoms with van der Waals surface area (Å²) in [6, 6.07) is 11.5. The molecule has 0 heterocycles. The summed E-state index contributed by atoms with van der Waals surface area (Å²) >= 11 is 0. The quantitative estimate of drug-likeness (QED) is 0.895. The average molecular weight is 275 g/mol.